The summed E-state index contributed by atoms with van der Waals surface area (Å²) in [5, 5.41) is 3.25. The maximum absolute atomic E-state index is 12.8. The van der Waals surface area contributed by atoms with Gasteiger partial charge in [-0.15, -0.1) is 0 Å². The Morgan fingerprint density at radius 2 is 1.89 bits per heavy atom. The molecule has 3 aliphatic rings. The fraction of sp³-hybridized carbons (Fsp3) is 0.583. The number of nitrogens with zero attached hydrogens (tertiary/aromatic N) is 1. The third-order valence-corrected chi connectivity index (χ3v) is 6.91. The summed E-state index contributed by atoms with van der Waals surface area (Å²) < 4.78 is 0. The van der Waals surface area contributed by atoms with Crippen LogP contribution in [0, 0.1) is 11.3 Å². The second-order valence-corrected chi connectivity index (χ2v) is 8.86. The summed E-state index contributed by atoms with van der Waals surface area (Å²) in [6.45, 7) is 1.30. The van der Waals surface area contributed by atoms with Gasteiger partial charge in [-0.2, -0.15) is 0 Å². The Hall–Kier alpha value is -2.10. The van der Waals surface area contributed by atoms with E-state index in [1.54, 1.807) is 0 Å². The molecule has 150 valence electrons. The number of carbonyl (C=O) groups excluding carboxylic acids is 2. The van der Waals surface area contributed by atoms with Gasteiger partial charge in [0.25, 0.3) is 0 Å². The zero-order valence-electron chi connectivity index (χ0n) is 16.8. The predicted octanol–water partition coefficient (Wildman–Crippen LogP) is 4.56. The number of benzene rings is 1. The maximum atomic E-state index is 12.8. The first-order valence-corrected chi connectivity index (χ1v) is 11.0. The van der Waals surface area contributed by atoms with Crippen molar-refractivity contribution in [2.75, 3.05) is 6.54 Å². The third kappa shape index (κ3) is 4.16. The van der Waals surface area contributed by atoms with Crippen LogP contribution in [0.3, 0.4) is 0 Å². The standard InChI is InChI=1S/C24H32N2O2/c27-22(16-19-8-4-5-9-19)25-18-24-14-7-6-12-21(24)26(23(28)13-15-24)17-20-10-2-1-3-11-20/h1-3,10-12,19H,4-9,13-18H2,(H,25,27). The van der Waals surface area contributed by atoms with Gasteiger partial charge < -0.3 is 10.2 Å². The van der Waals surface area contributed by atoms with E-state index in [4.69, 9.17) is 0 Å². The molecular weight excluding hydrogens is 348 g/mol. The highest BCUT2D eigenvalue weighted by Gasteiger charge is 2.44. The molecular formula is C24H32N2O2. The lowest BCUT2D eigenvalue weighted by molar-refractivity contribution is -0.134. The van der Waals surface area contributed by atoms with Crippen LogP contribution in [0.25, 0.3) is 0 Å². The normalized spacial score (nSPS) is 25.4. The van der Waals surface area contributed by atoms with Crippen LogP contribution in [0.4, 0.5) is 0 Å². The van der Waals surface area contributed by atoms with E-state index in [-0.39, 0.29) is 17.2 Å². The van der Waals surface area contributed by atoms with E-state index >= 15 is 0 Å². The van der Waals surface area contributed by atoms with Gasteiger partial charge in [0.1, 0.15) is 0 Å². The molecule has 4 nitrogen and oxygen atoms in total. The van der Waals surface area contributed by atoms with Crippen LogP contribution in [0.5, 0.6) is 0 Å². The van der Waals surface area contributed by atoms with Gasteiger partial charge in [-0.05, 0) is 50.0 Å². The fourth-order valence-electron chi connectivity index (χ4n) is 5.31. The molecule has 0 spiro atoms. The largest absolute Gasteiger partial charge is 0.355 e. The van der Waals surface area contributed by atoms with E-state index in [1.807, 2.05) is 23.1 Å². The smallest absolute Gasteiger partial charge is 0.227 e. The SMILES string of the molecule is O=C(CC1CCCC1)NCC12CCCC=C1N(Cc1ccccc1)C(=O)CC2. The zero-order chi connectivity index (χ0) is 19.4. The lowest BCUT2D eigenvalue weighted by Crippen LogP contribution is -2.50. The van der Waals surface area contributed by atoms with Crippen molar-refractivity contribution >= 4 is 11.8 Å². The number of rotatable bonds is 6. The minimum Gasteiger partial charge on any atom is -0.355 e. The first kappa shape index (κ1) is 19.2. The van der Waals surface area contributed by atoms with Crippen LogP contribution in [0.15, 0.2) is 42.1 Å². The Kier molecular flexibility index (Phi) is 5.84. The van der Waals surface area contributed by atoms with E-state index < -0.39 is 0 Å². The number of likely N-dealkylation sites (tertiary alicyclic amines) is 1. The Morgan fingerprint density at radius 3 is 2.68 bits per heavy atom. The molecule has 0 aromatic heterocycles. The molecule has 1 saturated carbocycles. The molecule has 2 aliphatic carbocycles. The number of fused-ring (bicyclic) bond motifs is 1. The number of amides is 2. The molecule has 0 bridgehead atoms. The summed E-state index contributed by atoms with van der Waals surface area (Å²) in [5.41, 5.74) is 2.23. The van der Waals surface area contributed by atoms with Gasteiger partial charge in [-0.1, -0.05) is 49.2 Å². The molecule has 1 aromatic rings. The molecule has 2 fully saturated rings. The van der Waals surface area contributed by atoms with Crippen molar-refractivity contribution in [2.24, 2.45) is 11.3 Å². The summed E-state index contributed by atoms with van der Waals surface area (Å²) in [4.78, 5) is 27.3. The molecule has 1 N–H and O–H groups in total. The molecule has 1 atom stereocenters. The Morgan fingerprint density at radius 1 is 1.11 bits per heavy atom. The third-order valence-electron chi connectivity index (χ3n) is 6.91. The maximum Gasteiger partial charge on any atom is 0.227 e. The average molecular weight is 381 g/mol. The second kappa shape index (κ2) is 8.50. The first-order chi connectivity index (χ1) is 13.7. The summed E-state index contributed by atoms with van der Waals surface area (Å²) in [7, 11) is 0. The molecule has 4 rings (SSSR count). The highest BCUT2D eigenvalue weighted by molar-refractivity contribution is 5.80. The van der Waals surface area contributed by atoms with Gasteiger partial charge in [0.2, 0.25) is 11.8 Å². The Balaban J connectivity index is 1.46. The number of carbonyl (C=O) groups is 2. The van der Waals surface area contributed by atoms with E-state index in [0.29, 0.717) is 31.8 Å². The van der Waals surface area contributed by atoms with Crippen molar-refractivity contribution in [3.8, 4) is 0 Å². The van der Waals surface area contributed by atoms with Crippen LogP contribution < -0.4 is 5.32 Å². The van der Waals surface area contributed by atoms with Crippen LogP contribution >= 0.6 is 0 Å². The van der Waals surface area contributed by atoms with Gasteiger partial charge in [-0.3, -0.25) is 9.59 Å². The first-order valence-electron chi connectivity index (χ1n) is 11.0. The van der Waals surface area contributed by atoms with E-state index in [1.165, 1.54) is 25.7 Å². The lowest BCUT2D eigenvalue weighted by atomic mass is 9.69. The number of hydrogen-bond donors (Lipinski definition) is 1. The van der Waals surface area contributed by atoms with Crippen LogP contribution in [-0.4, -0.2) is 23.3 Å². The molecule has 28 heavy (non-hydrogen) atoms. The van der Waals surface area contributed by atoms with Crippen LogP contribution in [0.2, 0.25) is 0 Å². The van der Waals surface area contributed by atoms with Crippen LogP contribution in [0.1, 0.15) is 69.8 Å². The average Bonchev–Trinajstić information content (AvgIpc) is 3.23. The summed E-state index contributed by atoms with van der Waals surface area (Å²) in [6, 6.07) is 10.2. The van der Waals surface area contributed by atoms with Gasteiger partial charge in [0, 0.05) is 30.5 Å². The fourth-order valence-corrected chi connectivity index (χ4v) is 5.31. The van der Waals surface area contributed by atoms with Gasteiger partial charge >= 0.3 is 0 Å². The van der Waals surface area contributed by atoms with Crippen LogP contribution in [-0.2, 0) is 16.1 Å². The minimum absolute atomic E-state index is 0.0771. The van der Waals surface area contributed by atoms with Crippen molar-refractivity contribution < 1.29 is 9.59 Å². The predicted molar refractivity (Wildman–Crippen MR) is 110 cm³/mol. The lowest BCUT2D eigenvalue weighted by Gasteiger charge is -2.47. The van der Waals surface area contributed by atoms with Crippen molar-refractivity contribution in [1.29, 1.82) is 0 Å². The monoisotopic (exact) mass is 380 g/mol. The number of piperidine rings is 1. The van der Waals surface area contributed by atoms with E-state index in [0.717, 1.165) is 36.9 Å². The quantitative estimate of drug-likeness (QED) is 0.786. The van der Waals surface area contributed by atoms with Gasteiger partial charge in [0.05, 0.1) is 6.54 Å². The highest BCUT2D eigenvalue weighted by atomic mass is 16.2. The van der Waals surface area contributed by atoms with Gasteiger partial charge in [-0.25, -0.2) is 0 Å². The summed E-state index contributed by atoms with van der Waals surface area (Å²) in [6.07, 6.45) is 12.5. The molecule has 1 saturated heterocycles. The number of hydrogen-bond acceptors (Lipinski definition) is 2. The Labute approximate surface area is 168 Å². The number of nitrogens with one attached hydrogen (secondary N) is 1. The molecule has 4 heteroatoms. The zero-order valence-corrected chi connectivity index (χ0v) is 16.8. The van der Waals surface area contributed by atoms with Crippen molar-refractivity contribution in [3.63, 3.8) is 0 Å². The molecule has 1 aromatic carbocycles. The van der Waals surface area contributed by atoms with Crippen molar-refractivity contribution in [3.05, 3.63) is 47.7 Å². The molecule has 2 amide bonds. The van der Waals surface area contributed by atoms with Crippen molar-refractivity contribution in [1.82, 2.24) is 10.2 Å². The van der Waals surface area contributed by atoms with E-state index in [2.05, 4.69) is 23.5 Å². The van der Waals surface area contributed by atoms with E-state index in [9.17, 15) is 9.59 Å². The minimum atomic E-state index is -0.0771. The topological polar surface area (TPSA) is 49.4 Å². The van der Waals surface area contributed by atoms with Gasteiger partial charge in [0.15, 0.2) is 0 Å². The second-order valence-electron chi connectivity index (χ2n) is 8.86. The molecule has 1 heterocycles. The summed E-state index contributed by atoms with van der Waals surface area (Å²) in [5.74, 6) is 0.976. The molecule has 1 aliphatic heterocycles. The molecule has 1 unspecified atom stereocenters. The Bertz CT molecular complexity index is 736. The summed E-state index contributed by atoms with van der Waals surface area (Å²) >= 11 is 0. The number of allylic oxidation sites excluding steroid dienone is 1. The van der Waals surface area contributed by atoms with Crippen molar-refractivity contribution in [2.45, 2.75) is 70.8 Å². The highest BCUT2D eigenvalue weighted by Crippen LogP contribution is 2.46. The molecule has 0 radical (unpaired) electrons.